The summed E-state index contributed by atoms with van der Waals surface area (Å²) in [6.07, 6.45) is 0. The summed E-state index contributed by atoms with van der Waals surface area (Å²) >= 11 is 3.23. The van der Waals surface area contributed by atoms with E-state index in [1.54, 1.807) is 33.0 Å². The molecule has 1 N–H and O–H groups in total. The van der Waals surface area contributed by atoms with Crippen LogP contribution in [0.1, 0.15) is 19.4 Å². The molecule has 1 aromatic carbocycles. The number of hydrogen-bond donors (Lipinski definition) is 1. The van der Waals surface area contributed by atoms with Gasteiger partial charge in [-0.25, -0.2) is 12.8 Å². The molecule has 0 amide bonds. The molecule has 24 heavy (non-hydrogen) atoms. The summed E-state index contributed by atoms with van der Waals surface area (Å²) in [6, 6.07) is 4.89. The fourth-order valence-corrected chi connectivity index (χ4v) is 4.20. The largest absolute Gasteiger partial charge is 0.352 e. The van der Waals surface area contributed by atoms with Crippen LogP contribution in [0.4, 0.5) is 4.39 Å². The molecule has 0 aromatic heterocycles. The van der Waals surface area contributed by atoms with Gasteiger partial charge in [-0.15, -0.1) is 24.0 Å². The van der Waals surface area contributed by atoms with E-state index >= 15 is 0 Å². The molecule has 0 unspecified atom stereocenters. The van der Waals surface area contributed by atoms with E-state index in [0.29, 0.717) is 29.1 Å². The van der Waals surface area contributed by atoms with Crippen LogP contribution in [0.3, 0.4) is 0 Å². The molecule has 1 aromatic rings. The summed E-state index contributed by atoms with van der Waals surface area (Å²) in [5.41, 5.74) is 0.526. The first-order valence-electron chi connectivity index (χ1n) is 7.28. The molecule has 1 aliphatic heterocycles. The highest BCUT2D eigenvalue weighted by Crippen LogP contribution is 2.23. The second-order valence-electron chi connectivity index (χ2n) is 6.14. The van der Waals surface area contributed by atoms with Crippen molar-refractivity contribution in [3.05, 3.63) is 34.1 Å². The van der Waals surface area contributed by atoms with Crippen molar-refractivity contribution in [3.8, 4) is 0 Å². The highest BCUT2D eigenvalue weighted by atomic mass is 127. The van der Waals surface area contributed by atoms with Crippen molar-refractivity contribution >= 4 is 55.7 Å². The standard InChI is InChI=1S/C15H21BrFN3O2S.HI/c1-15(2)10-20(6-7-23(15,21)22)14(18-3)19-9-11-4-5-12(16)8-13(11)17;/h4-5,8H,6-7,9-10H2,1-3H3,(H,18,19);1H. The zero-order chi connectivity index (χ0) is 17.3. The maximum Gasteiger partial charge on any atom is 0.193 e. The van der Waals surface area contributed by atoms with Crippen molar-refractivity contribution in [1.82, 2.24) is 10.2 Å². The Bertz CT molecular complexity index is 725. The van der Waals surface area contributed by atoms with Crippen LogP contribution in [0, 0.1) is 5.82 Å². The van der Waals surface area contributed by atoms with Gasteiger partial charge in [0.15, 0.2) is 15.8 Å². The van der Waals surface area contributed by atoms with Crippen molar-refractivity contribution < 1.29 is 12.8 Å². The summed E-state index contributed by atoms with van der Waals surface area (Å²) in [4.78, 5) is 6.09. The van der Waals surface area contributed by atoms with Crippen LogP contribution in [0.5, 0.6) is 0 Å². The lowest BCUT2D eigenvalue weighted by Gasteiger charge is -2.39. The van der Waals surface area contributed by atoms with E-state index in [1.807, 2.05) is 4.90 Å². The Morgan fingerprint density at radius 3 is 2.67 bits per heavy atom. The van der Waals surface area contributed by atoms with Crippen LogP contribution in [0.2, 0.25) is 0 Å². The monoisotopic (exact) mass is 533 g/mol. The van der Waals surface area contributed by atoms with Crippen LogP contribution < -0.4 is 5.32 Å². The summed E-state index contributed by atoms with van der Waals surface area (Å²) in [5.74, 6) is 0.368. The van der Waals surface area contributed by atoms with Crippen molar-refractivity contribution in [2.24, 2.45) is 4.99 Å². The Labute approximate surface area is 168 Å². The number of aliphatic imine (C=N–C) groups is 1. The average Bonchev–Trinajstić information content (AvgIpc) is 2.45. The van der Waals surface area contributed by atoms with Gasteiger partial charge < -0.3 is 10.2 Å². The van der Waals surface area contributed by atoms with Gasteiger partial charge >= 0.3 is 0 Å². The topological polar surface area (TPSA) is 61.8 Å². The molecule has 0 radical (unpaired) electrons. The van der Waals surface area contributed by atoms with Gasteiger partial charge in [-0.05, 0) is 26.0 Å². The minimum absolute atomic E-state index is 0. The zero-order valence-corrected chi connectivity index (χ0v) is 18.6. The molecular formula is C15H22BrFIN3O2S. The van der Waals surface area contributed by atoms with E-state index in [2.05, 4.69) is 26.2 Å². The molecule has 1 heterocycles. The highest BCUT2D eigenvalue weighted by molar-refractivity contribution is 14.0. The maximum atomic E-state index is 13.9. The smallest absolute Gasteiger partial charge is 0.193 e. The molecule has 2 rings (SSSR count). The molecule has 1 aliphatic rings. The van der Waals surface area contributed by atoms with Crippen LogP contribution in [0.15, 0.2) is 27.7 Å². The molecule has 1 saturated heterocycles. The third-order valence-corrected chi connectivity index (χ3v) is 7.03. The SMILES string of the molecule is CN=C(NCc1ccc(Br)cc1F)N1CCS(=O)(=O)C(C)(C)C1.I. The highest BCUT2D eigenvalue weighted by Gasteiger charge is 2.40. The van der Waals surface area contributed by atoms with Gasteiger partial charge in [0.05, 0.1) is 10.5 Å². The summed E-state index contributed by atoms with van der Waals surface area (Å²) in [7, 11) is -1.47. The van der Waals surface area contributed by atoms with Crippen LogP contribution >= 0.6 is 39.9 Å². The van der Waals surface area contributed by atoms with Gasteiger partial charge in [-0.1, -0.05) is 22.0 Å². The number of guanidine groups is 1. The number of benzene rings is 1. The summed E-state index contributed by atoms with van der Waals surface area (Å²) in [5, 5.41) is 3.11. The Morgan fingerprint density at radius 2 is 2.12 bits per heavy atom. The predicted octanol–water partition coefficient (Wildman–Crippen LogP) is 2.79. The van der Waals surface area contributed by atoms with Crippen LogP contribution in [0.25, 0.3) is 0 Å². The van der Waals surface area contributed by atoms with E-state index in [9.17, 15) is 12.8 Å². The Morgan fingerprint density at radius 1 is 1.46 bits per heavy atom. The second kappa shape index (κ2) is 8.31. The van der Waals surface area contributed by atoms with Crippen molar-refractivity contribution in [3.63, 3.8) is 0 Å². The van der Waals surface area contributed by atoms with Gasteiger partial charge in [-0.2, -0.15) is 0 Å². The van der Waals surface area contributed by atoms with E-state index in [4.69, 9.17) is 0 Å². The van der Waals surface area contributed by atoms with E-state index in [0.717, 1.165) is 0 Å². The lowest BCUT2D eigenvalue weighted by atomic mass is 10.2. The molecule has 1 fully saturated rings. The maximum absolute atomic E-state index is 13.9. The number of nitrogens with one attached hydrogen (secondary N) is 1. The Kier molecular flexibility index (Phi) is 7.48. The number of hydrogen-bond acceptors (Lipinski definition) is 3. The van der Waals surface area contributed by atoms with Gasteiger partial charge in [0, 0.05) is 36.7 Å². The van der Waals surface area contributed by atoms with Gasteiger partial charge in [-0.3, -0.25) is 4.99 Å². The fourth-order valence-electron chi connectivity index (χ4n) is 2.50. The molecule has 0 aliphatic carbocycles. The number of nitrogens with zero attached hydrogens (tertiary/aromatic N) is 2. The quantitative estimate of drug-likeness (QED) is 0.361. The number of rotatable bonds is 2. The molecule has 0 spiro atoms. The molecular weight excluding hydrogens is 512 g/mol. The summed E-state index contributed by atoms with van der Waals surface area (Å²) < 4.78 is 37.9. The van der Waals surface area contributed by atoms with E-state index in [1.165, 1.54) is 6.07 Å². The first-order valence-corrected chi connectivity index (χ1v) is 9.72. The molecule has 0 atom stereocenters. The molecule has 5 nitrogen and oxygen atoms in total. The third kappa shape index (κ3) is 4.81. The lowest BCUT2D eigenvalue weighted by Crippen LogP contribution is -2.57. The Hall–Kier alpha value is -0.420. The number of halogens is 3. The first kappa shape index (κ1) is 21.6. The zero-order valence-electron chi connectivity index (χ0n) is 13.8. The fraction of sp³-hybridized carbons (Fsp3) is 0.533. The minimum Gasteiger partial charge on any atom is -0.352 e. The second-order valence-corrected chi connectivity index (χ2v) is 9.80. The molecule has 0 saturated carbocycles. The first-order chi connectivity index (χ1) is 10.7. The van der Waals surface area contributed by atoms with Crippen molar-refractivity contribution in [2.75, 3.05) is 25.9 Å². The van der Waals surface area contributed by atoms with E-state index < -0.39 is 14.6 Å². The van der Waals surface area contributed by atoms with E-state index in [-0.39, 0.29) is 42.1 Å². The van der Waals surface area contributed by atoms with Gasteiger partial charge in [0.2, 0.25) is 0 Å². The Balaban J connectivity index is 0.00000288. The lowest BCUT2D eigenvalue weighted by molar-refractivity contribution is 0.353. The predicted molar refractivity (Wildman–Crippen MR) is 109 cm³/mol. The van der Waals surface area contributed by atoms with Crippen LogP contribution in [-0.4, -0.2) is 49.9 Å². The van der Waals surface area contributed by atoms with Gasteiger partial charge in [0.25, 0.3) is 0 Å². The number of sulfone groups is 1. The van der Waals surface area contributed by atoms with Crippen molar-refractivity contribution in [2.45, 2.75) is 25.1 Å². The van der Waals surface area contributed by atoms with Crippen LogP contribution in [-0.2, 0) is 16.4 Å². The third-order valence-electron chi connectivity index (χ3n) is 4.01. The molecule has 0 bridgehead atoms. The molecule has 136 valence electrons. The molecule has 9 heteroatoms. The average molecular weight is 534 g/mol. The minimum atomic E-state index is -3.10. The van der Waals surface area contributed by atoms with Gasteiger partial charge in [0.1, 0.15) is 5.82 Å². The van der Waals surface area contributed by atoms with Crippen molar-refractivity contribution in [1.29, 1.82) is 0 Å². The summed E-state index contributed by atoms with van der Waals surface area (Å²) in [6.45, 7) is 4.47. The normalized spacial score (nSPS) is 19.5.